The molecule has 0 aliphatic carbocycles. The van der Waals surface area contributed by atoms with Gasteiger partial charge in [-0.05, 0) is 13.0 Å². The first-order chi connectivity index (χ1) is 6.09. The molecule has 0 saturated heterocycles. The monoisotopic (exact) mass is 180 g/mol. The topological polar surface area (TPSA) is 83.0 Å². The molecule has 0 aliphatic rings. The van der Waals surface area contributed by atoms with Crippen LogP contribution in [0.15, 0.2) is 17.1 Å². The van der Waals surface area contributed by atoms with Gasteiger partial charge >= 0.3 is 5.97 Å². The Kier molecular flexibility index (Phi) is 2.59. The van der Waals surface area contributed by atoms with Gasteiger partial charge < -0.3 is 10.1 Å². The van der Waals surface area contributed by atoms with Crippen LogP contribution in [0.3, 0.4) is 0 Å². The highest BCUT2D eigenvalue weighted by molar-refractivity contribution is 5.85. The number of hydrogen-bond donors (Lipinski definition) is 2. The van der Waals surface area contributed by atoms with Gasteiger partial charge in [0.1, 0.15) is 5.82 Å². The lowest BCUT2D eigenvalue weighted by Crippen LogP contribution is -2.11. The fourth-order valence-electron chi connectivity index (χ4n) is 0.774. The highest BCUT2D eigenvalue weighted by Crippen LogP contribution is 1.91. The normalized spacial score (nSPS) is 10.5. The van der Waals surface area contributed by atoms with Crippen molar-refractivity contribution in [3.63, 3.8) is 0 Å². The summed E-state index contributed by atoms with van der Waals surface area (Å²) < 4.78 is 0. The first-order valence-electron chi connectivity index (χ1n) is 3.56. The molecule has 68 valence electrons. The van der Waals surface area contributed by atoms with Crippen LogP contribution in [0.2, 0.25) is 0 Å². The molecule has 1 rings (SSSR count). The Morgan fingerprint density at radius 3 is 2.92 bits per heavy atom. The van der Waals surface area contributed by atoms with Crippen molar-refractivity contribution in [1.82, 2.24) is 9.97 Å². The fourth-order valence-corrected chi connectivity index (χ4v) is 0.774. The Labute approximate surface area is 73.8 Å². The number of aryl methyl sites for hydroxylation is 1. The third kappa shape index (κ3) is 2.55. The summed E-state index contributed by atoms with van der Waals surface area (Å²) in [6.45, 7) is 1.64. The summed E-state index contributed by atoms with van der Waals surface area (Å²) in [7, 11) is 0. The second-order valence-corrected chi connectivity index (χ2v) is 2.42. The van der Waals surface area contributed by atoms with E-state index in [9.17, 15) is 9.59 Å². The number of carboxylic acid groups (broad SMARTS) is 1. The van der Waals surface area contributed by atoms with E-state index >= 15 is 0 Å². The first-order valence-corrected chi connectivity index (χ1v) is 3.56. The molecule has 0 bridgehead atoms. The zero-order valence-electron chi connectivity index (χ0n) is 6.94. The van der Waals surface area contributed by atoms with Crippen molar-refractivity contribution in [3.05, 3.63) is 34.0 Å². The number of aliphatic carboxylic acids is 1. The Morgan fingerprint density at radius 1 is 1.69 bits per heavy atom. The van der Waals surface area contributed by atoms with E-state index in [2.05, 4.69) is 9.97 Å². The van der Waals surface area contributed by atoms with Gasteiger partial charge in [-0.25, -0.2) is 9.78 Å². The number of hydrogen-bond acceptors (Lipinski definition) is 3. The van der Waals surface area contributed by atoms with Crippen LogP contribution in [-0.2, 0) is 4.79 Å². The molecule has 5 heteroatoms. The molecule has 1 heterocycles. The van der Waals surface area contributed by atoms with Gasteiger partial charge in [0.15, 0.2) is 0 Å². The molecule has 0 fully saturated rings. The van der Waals surface area contributed by atoms with Crippen LogP contribution in [0.5, 0.6) is 0 Å². The third-order valence-corrected chi connectivity index (χ3v) is 1.36. The molecule has 0 aliphatic heterocycles. The number of carbonyl (C=O) groups is 1. The van der Waals surface area contributed by atoms with E-state index in [-0.39, 0.29) is 11.1 Å². The van der Waals surface area contributed by atoms with Crippen molar-refractivity contribution in [3.8, 4) is 0 Å². The van der Waals surface area contributed by atoms with Crippen molar-refractivity contribution in [2.75, 3.05) is 0 Å². The van der Waals surface area contributed by atoms with Crippen LogP contribution in [0, 0.1) is 6.92 Å². The quantitative estimate of drug-likeness (QED) is 0.636. The molecule has 0 atom stereocenters. The zero-order chi connectivity index (χ0) is 9.84. The maximum atomic E-state index is 11.1. The number of nitrogens with zero attached hydrogens (tertiary/aromatic N) is 1. The number of rotatable bonds is 2. The maximum absolute atomic E-state index is 11.1. The molecule has 0 radical (unpaired) electrons. The molecule has 1 aromatic rings. The van der Waals surface area contributed by atoms with E-state index in [0.29, 0.717) is 5.82 Å². The molecule has 0 amide bonds. The molecule has 0 saturated carbocycles. The molecule has 1 aromatic heterocycles. The standard InChI is InChI=1S/C8H8N2O3/c1-5-9-4-6(8(13)10-5)2-3-7(11)12/h2-4H,1H3,(H,11,12)(H,9,10,13). The van der Waals surface area contributed by atoms with Gasteiger partial charge in [0.05, 0.1) is 5.56 Å². The summed E-state index contributed by atoms with van der Waals surface area (Å²) in [5.74, 6) is -0.600. The Balaban J connectivity index is 3.04. The van der Waals surface area contributed by atoms with E-state index in [1.165, 1.54) is 12.3 Å². The van der Waals surface area contributed by atoms with Gasteiger partial charge in [-0.15, -0.1) is 0 Å². The lowest BCUT2D eigenvalue weighted by molar-refractivity contribution is -0.131. The predicted molar refractivity (Wildman–Crippen MR) is 46.3 cm³/mol. The summed E-state index contributed by atoms with van der Waals surface area (Å²) in [4.78, 5) is 27.5. The van der Waals surface area contributed by atoms with Crippen molar-refractivity contribution in [1.29, 1.82) is 0 Å². The molecule has 13 heavy (non-hydrogen) atoms. The van der Waals surface area contributed by atoms with E-state index in [0.717, 1.165) is 6.08 Å². The second-order valence-electron chi connectivity index (χ2n) is 2.42. The molecular formula is C8H8N2O3. The number of aromatic amines is 1. The lowest BCUT2D eigenvalue weighted by Gasteiger charge is -1.92. The van der Waals surface area contributed by atoms with Crippen molar-refractivity contribution >= 4 is 12.0 Å². The molecular weight excluding hydrogens is 172 g/mol. The highest BCUT2D eigenvalue weighted by Gasteiger charge is 1.96. The van der Waals surface area contributed by atoms with Gasteiger partial charge in [-0.3, -0.25) is 4.79 Å². The highest BCUT2D eigenvalue weighted by atomic mass is 16.4. The van der Waals surface area contributed by atoms with Crippen LogP contribution < -0.4 is 5.56 Å². The van der Waals surface area contributed by atoms with Crippen LogP contribution in [0.25, 0.3) is 6.08 Å². The minimum absolute atomic E-state index is 0.230. The van der Waals surface area contributed by atoms with Crippen LogP contribution >= 0.6 is 0 Å². The van der Waals surface area contributed by atoms with Gasteiger partial charge in [-0.2, -0.15) is 0 Å². The molecule has 0 spiro atoms. The SMILES string of the molecule is Cc1ncc(C=CC(=O)O)c(=O)[nH]1. The number of carboxylic acids is 1. The third-order valence-electron chi connectivity index (χ3n) is 1.36. The van der Waals surface area contributed by atoms with Gasteiger partial charge in [0, 0.05) is 12.3 Å². The van der Waals surface area contributed by atoms with Crippen LogP contribution in [0.4, 0.5) is 0 Å². The van der Waals surface area contributed by atoms with Crippen LogP contribution in [0.1, 0.15) is 11.4 Å². The summed E-state index contributed by atoms with van der Waals surface area (Å²) in [5.41, 5.74) is -0.113. The smallest absolute Gasteiger partial charge is 0.328 e. The van der Waals surface area contributed by atoms with E-state index in [1.54, 1.807) is 6.92 Å². The average molecular weight is 180 g/mol. The molecule has 5 nitrogen and oxygen atoms in total. The fraction of sp³-hybridized carbons (Fsp3) is 0.125. The number of H-pyrrole nitrogens is 1. The van der Waals surface area contributed by atoms with Gasteiger partial charge in [0.25, 0.3) is 5.56 Å². The predicted octanol–water partition coefficient (Wildman–Crippen LogP) is 0.176. The van der Waals surface area contributed by atoms with E-state index in [4.69, 9.17) is 5.11 Å². The van der Waals surface area contributed by atoms with Crippen molar-refractivity contribution in [2.24, 2.45) is 0 Å². The second kappa shape index (κ2) is 3.66. The summed E-state index contributed by atoms with van der Waals surface area (Å²) in [6, 6.07) is 0. The zero-order valence-corrected chi connectivity index (χ0v) is 6.94. The maximum Gasteiger partial charge on any atom is 0.328 e. The Hall–Kier alpha value is -1.91. The average Bonchev–Trinajstić information content (AvgIpc) is 2.02. The van der Waals surface area contributed by atoms with Gasteiger partial charge in [-0.1, -0.05) is 0 Å². The lowest BCUT2D eigenvalue weighted by atomic mass is 10.3. The van der Waals surface area contributed by atoms with E-state index in [1.807, 2.05) is 0 Å². The number of aromatic nitrogens is 2. The number of nitrogens with one attached hydrogen (secondary N) is 1. The summed E-state index contributed by atoms with van der Waals surface area (Å²) >= 11 is 0. The van der Waals surface area contributed by atoms with E-state index < -0.39 is 5.97 Å². The Morgan fingerprint density at radius 2 is 2.38 bits per heavy atom. The van der Waals surface area contributed by atoms with Crippen LogP contribution in [-0.4, -0.2) is 21.0 Å². The largest absolute Gasteiger partial charge is 0.478 e. The molecule has 0 unspecified atom stereocenters. The Bertz CT molecular complexity index is 406. The van der Waals surface area contributed by atoms with Crippen molar-refractivity contribution < 1.29 is 9.90 Å². The minimum Gasteiger partial charge on any atom is -0.478 e. The summed E-state index contributed by atoms with van der Waals surface area (Å²) in [5, 5.41) is 8.30. The molecule has 0 aromatic carbocycles. The minimum atomic E-state index is -1.10. The summed E-state index contributed by atoms with van der Waals surface area (Å²) in [6.07, 6.45) is 3.42. The first kappa shape index (κ1) is 9.18. The van der Waals surface area contributed by atoms with Crippen molar-refractivity contribution in [2.45, 2.75) is 6.92 Å². The van der Waals surface area contributed by atoms with Gasteiger partial charge in [0.2, 0.25) is 0 Å². The molecule has 2 N–H and O–H groups in total.